The van der Waals surface area contributed by atoms with Gasteiger partial charge in [0.1, 0.15) is 0 Å². The Hall–Kier alpha value is -1.03. The number of hydrogen-bond acceptors (Lipinski definition) is 1. The van der Waals surface area contributed by atoms with E-state index in [2.05, 4.69) is 0 Å². The van der Waals surface area contributed by atoms with Gasteiger partial charge in [0.05, 0.1) is 5.56 Å². The van der Waals surface area contributed by atoms with Crippen molar-refractivity contribution in [3.63, 3.8) is 0 Å². The lowest BCUT2D eigenvalue weighted by atomic mass is 10.1. The summed E-state index contributed by atoms with van der Waals surface area (Å²) in [5.74, 6) is 0. The van der Waals surface area contributed by atoms with Crippen LogP contribution in [0.5, 0.6) is 0 Å². The van der Waals surface area contributed by atoms with Crippen LogP contribution >= 0.6 is 0 Å². The minimum atomic E-state index is -4.27. The molecule has 0 aliphatic carbocycles. The van der Waals surface area contributed by atoms with E-state index in [1.807, 2.05) is 0 Å². The third-order valence-corrected chi connectivity index (χ3v) is 1.76. The first-order valence-electron chi connectivity index (χ1n) is 3.84. The highest BCUT2D eigenvalue weighted by Gasteiger charge is 2.29. The van der Waals surface area contributed by atoms with E-state index in [0.29, 0.717) is 5.56 Å². The van der Waals surface area contributed by atoms with Gasteiger partial charge in [0.25, 0.3) is 0 Å². The Bertz CT molecular complexity index is 274. The fourth-order valence-electron chi connectivity index (χ4n) is 0.976. The summed E-state index contributed by atoms with van der Waals surface area (Å²) in [6.45, 7) is 1.72. The van der Waals surface area contributed by atoms with Crippen LogP contribution in [-0.2, 0) is 6.18 Å². The predicted octanol–water partition coefficient (Wildman–Crippen LogP) is 2.73. The molecule has 13 heavy (non-hydrogen) atoms. The van der Waals surface area contributed by atoms with Gasteiger partial charge in [0.2, 0.25) is 0 Å². The molecule has 0 aromatic heterocycles. The van der Waals surface area contributed by atoms with E-state index >= 15 is 0 Å². The molecule has 0 bridgehead atoms. The Morgan fingerprint density at radius 1 is 1.15 bits per heavy atom. The van der Waals surface area contributed by atoms with Gasteiger partial charge in [-0.15, -0.1) is 0 Å². The maximum atomic E-state index is 12.1. The van der Waals surface area contributed by atoms with E-state index in [0.717, 1.165) is 12.1 Å². The molecule has 2 N–H and O–H groups in total. The van der Waals surface area contributed by atoms with Crippen molar-refractivity contribution in [1.29, 1.82) is 0 Å². The fourth-order valence-corrected chi connectivity index (χ4v) is 0.976. The van der Waals surface area contributed by atoms with E-state index in [4.69, 9.17) is 5.73 Å². The van der Waals surface area contributed by atoms with E-state index < -0.39 is 11.7 Å². The molecule has 72 valence electrons. The highest BCUT2D eigenvalue weighted by molar-refractivity contribution is 5.26. The summed E-state index contributed by atoms with van der Waals surface area (Å²) in [4.78, 5) is 0. The first-order valence-corrected chi connectivity index (χ1v) is 3.84. The van der Waals surface area contributed by atoms with Crippen LogP contribution in [0.4, 0.5) is 13.2 Å². The maximum Gasteiger partial charge on any atom is 0.416 e. The molecule has 1 atom stereocenters. The van der Waals surface area contributed by atoms with Crippen molar-refractivity contribution < 1.29 is 13.2 Å². The highest BCUT2D eigenvalue weighted by atomic mass is 19.4. The van der Waals surface area contributed by atoms with Crippen molar-refractivity contribution in [2.75, 3.05) is 0 Å². The molecule has 0 saturated heterocycles. The molecule has 4 heteroatoms. The molecule has 0 spiro atoms. The van der Waals surface area contributed by atoms with Crippen molar-refractivity contribution in [3.8, 4) is 0 Å². The second kappa shape index (κ2) is 3.38. The molecule has 0 heterocycles. The van der Waals surface area contributed by atoms with Crippen LogP contribution in [0.2, 0.25) is 0 Å². The standard InChI is InChI=1S/C9H10F3N/c1-6(13)7-2-4-8(5-3-7)9(10,11)12/h2-6H,13H2,1H3/t6-/m1/s1. The fraction of sp³-hybridized carbons (Fsp3) is 0.333. The SMILES string of the molecule is C[C@@H](N)c1ccc(C(F)(F)F)cc1. The van der Waals surface area contributed by atoms with Crippen LogP contribution in [0.25, 0.3) is 0 Å². The monoisotopic (exact) mass is 189 g/mol. The summed E-state index contributed by atoms with van der Waals surface area (Å²) in [5, 5.41) is 0. The molecule has 0 fully saturated rings. The molecule has 1 aromatic carbocycles. The summed E-state index contributed by atoms with van der Waals surface area (Å²) in [7, 11) is 0. The normalized spacial score (nSPS) is 14.2. The molecule has 1 nitrogen and oxygen atoms in total. The van der Waals surface area contributed by atoms with Crippen LogP contribution < -0.4 is 5.73 Å². The van der Waals surface area contributed by atoms with E-state index in [1.165, 1.54) is 12.1 Å². The quantitative estimate of drug-likeness (QED) is 0.722. The Labute approximate surface area is 74.4 Å². The summed E-state index contributed by atoms with van der Waals surface area (Å²) in [5.41, 5.74) is 5.55. The van der Waals surface area contributed by atoms with Crippen molar-refractivity contribution in [3.05, 3.63) is 35.4 Å². The Kier molecular flexibility index (Phi) is 2.61. The van der Waals surface area contributed by atoms with Gasteiger partial charge in [0.15, 0.2) is 0 Å². The number of nitrogens with two attached hydrogens (primary N) is 1. The van der Waals surface area contributed by atoms with Crippen LogP contribution in [0.3, 0.4) is 0 Å². The second-order valence-electron chi connectivity index (χ2n) is 2.91. The molecular formula is C9H10F3N. The number of alkyl halides is 3. The lowest BCUT2D eigenvalue weighted by Gasteiger charge is -2.09. The zero-order chi connectivity index (χ0) is 10.1. The molecular weight excluding hydrogens is 179 g/mol. The highest BCUT2D eigenvalue weighted by Crippen LogP contribution is 2.29. The number of rotatable bonds is 1. The molecule has 1 aromatic rings. The minimum Gasteiger partial charge on any atom is -0.324 e. The van der Waals surface area contributed by atoms with Crippen molar-refractivity contribution in [2.24, 2.45) is 5.73 Å². The van der Waals surface area contributed by atoms with Gasteiger partial charge in [0, 0.05) is 6.04 Å². The summed E-state index contributed by atoms with van der Waals surface area (Å²) < 4.78 is 36.3. The second-order valence-corrected chi connectivity index (χ2v) is 2.91. The summed E-state index contributed by atoms with van der Waals surface area (Å²) >= 11 is 0. The third kappa shape index (κ3) is 2.45. The Balaban J connectivity index is 2.94. The topological polar surface area (TPSA) is 26.0 Å². The smallest absolute Gasteiger partial charge is 0.324 e. The minimum absolute atomic E-state index is 0.234. The van der Waals surface area contributed by atoms with Crippen molar-refractivity contribution >= 4 is 0 Å². The predicted molar refractivity (Wildman–Crippen MR) is 44.0 cm³/mol. The number of halogens is 3. The molecule has 0 unspecified atom stereocenters. The van der Waals surface area contributed by atoms with Crippen LogP contribution in [0, 0.1) is 0 Å². The lowest BCUT2D eigenvalue weighted by Crippen LogP contribution is -2.07. The molecule has 0 aliphatic rings. The van der Waals surface area contributed by atoms with Gasteiger partial charge in [-0.05, 0) is 24.6 Å². The van der Waals surface area contributed by atoms with E-state index in [1.54, 1.807) is 6.92 Å². The first kappa shape index (κ1) is 10.1. The molecule has 0 aliphatic heterocycles. The molecule has 1 rings (SSSR count). The van der Waals surface area contributed by atoms with Gasteiger partial charge in [-0.3, -0.25) is 0 Å². The lowest BCUT2D eigenvalue weighted by molar-refractivity contribution is -0.137. The maximum absolute atomic E-state index is 12.1. The molecule has 0 saturated carbocycles. The van der Waals surface area contributed by atoms with Gasteiger partial charge >= 0.3 is 6.18 Å². The summed E-state index contributed by atoms with van der Waals surface area (Å²) in [6.07, 6.45) is -4.27. The average molecular weight is 189 g/mol. The van der Waals surface area contributed by atoms with E-state index in [9.17, 15) is 13.2 Å². The molecule has 0 amide bonds. The third-order valence-electron chi connectivity index (χ3n) is 1.76. The van der Waals surface area contributed by atoms with Gasteiger partial charge in [-0.25, -0.2) is 0 Å². The Morgan fingerprint density at radius 3 is 1.92 bits per heavy atom. The molecule has 0 radical (unpaired) electrons. The number of benzene rings is 1. The van der Waals surface area contributed by atoms with Crippen molar-refractivity contribution in [1.82, 2.24) is 0 Å². The van der Waals surface area contributed by atoms with E-state index in [-0.39, 0.29) is 6.04 Å². The van der Waals surface area contributed by atoms with Gasteiger partial charge < -0.3 is 5.73 Å². The van der Waals surface area contributed by atoms with Crippen LogP contribution in [-0.4, -0.2) is 0 Å². The van der Waals surface area contributed by atoms with Gasteiger partial charge in [-0.2, -0.15) is 13.2 Å². The summed E-state index contributed by atoms with van der Waals surface area (Å²) in [6, 6.07) is 4.64. The zero-order valence-electron chi connectivity index (χ0n) is 7.10. The van der Waals surface area contributed by atoms with Crippen LogP contribution in [0.15, 0.2) is 24.3 Å². The van der Waals surface area contributed by atoms with Gasteiger partial charge in [-0.1, -0.05) is 12.1 Å². The zero-order valence-corrected chi connectivity index (χ0v) is 7.10. The Morgan fingerprint density at radius 2 is 1.62 bits per heavy atom. The van der Waals surface area contributed by atoms with Crippen LogP contribution in [0.1, 0.15) is 24.1 Å². The number of hydrogen-bond donors (Lipinski definition) is 1. The largest absolute Gasteiger partial charge is 0.416 e. The average Bonchev–Trinajstić information content (AvgIpc) is 2.03. The van der Waals surface area contributed by atoms with Crippen molar-refractivity contribution in [2.45, 2.75) is 19.1 Å². The first-order chi connectivity index (χ1) is 5.91.